The van der Waals surface area contributed by atoms with Gasteiger partial charge in [0.2, 0.25) is 0 Å². The fourth-order valence-corrected chi connectivity index (χ4v) is 3.90. The average Bonchev–Trinajstić information content (AvgIpc) is 2.70. The number of hydrogen-bond acceptors (Lipinski definition) is 4. The van der Waals surface area contributed by atoms with E-state index in [0.717, 1.165) is 30.0 Å². The van der Waals surface area contributed by atoms with E-state index >= 15 is 0 Å². The summed E-state index contributed by atoms with van der Waals surface area (Å²) in [6.07, 6.45) is 0. The highest BCUT2D eigenvalue weighted by Crippen LogP contribution is 2.32. The maximum Gasteiger partial charge on any atom is 0.254 e. The molecule has 0 atom stereocenters. The van der Waals surface area contributed by atoms with E-state index in [-0.39, 0.29) is 18.5 Å². The van der Waals surface area contributed by atoms with Gasteiger partial charge in [0.05, 0.1) is 6.61 Å². The molecular formula is C21H22ClFN2O3. The van der Waals surface area contributed by atoms with Crippen molar-refractivity contribution in [3.63, 3.8) is 0 Å². The summed E-state index contributed by atoms with van der Waals surface area (Å²) < 4.78 is 24.8. The second-order valence-electron chi connectivity index (χ2n) is 7.20. The zero-order chi connectivity index (χ0) is 19.7. The first kappa shape index (κ1) is 19.2. The predicted molar refractivity (Wildman–Crippen MR) is 104 cm³/mol. The van der Waals surface area contributed by atoms with Crippen molar-refractivity contribution in [1.29, 1.82) is 0 Å². The molecule has 0 spiro atoms. The second-order valence-corrected chi connectivity index (χ2v) is 7.63. The largest absolute Gasteiger partial charge is 0.467 e. The Morgan fingerprint density at radius 2 is 1.96 bits per heavy atom. The highest BCUT2D eigenvalue weighted by Gasteiger charge is 2.24. The van der Waals surface area contributed by atoms with Gasteiger partial charge in [-0.3, -0.25) is 9.69 Å². The number of amides is 1. The number of rotatable bonds is 3. The van der Waals surface area contributed by atoms with Crippen LogP contribution >= 0.6 is 11.6 Å². The van der Waals surface area contributed by atoms with Gasteiger partial charge in [-0.15, -0.1) is 0 Å². The van der Waals surface area contributed by atoms with E-state index in [4.69, 9.17) is 21.1 Å². The van der Waals surface area contributed by atoms with Crippen LogP contribution in [0.15, 0.2) is 30.3 Å². The smallest absolute Gasteiger partial charge is 0.254 e. The minimum atomic E-state index is -0.348. The lowest BCUT2D eigenvalue weighted by atomic mass is 10.1. The molecular weight excluding hydrogens is 383 g/mol. The number of hydrogen-bond donors (Lipinski definition) is 0. The van der Waals surface area contributed by atoms with Crippen LogP contribution in [0.4, 0.5) is 4.39 Å². The number of aryl methyl sites for hydroxylation is 1. The van der Waals surface area contributed by atoms with Crippen LogP contribution in [0, 0.1) is 12.7 Å². The van der Waals surface area contributed by atoms with Gasteiger partial charge in [0, 0.05) is 54.4 Å². The van der Waals surface area contributed by atoms with Gasteiger partial charge >= 0.3 is 0 Å². The molecule has 2 heterocycles. The van der Waals surface area contributed by atoms with Crippen molar-refractivity contribution >= 4 is 17.5 Å². The number of halogens is 2. The summed E-state index contributed by atoms with van der Waals surface area (Å²) in [5.41, 5.74) is 2.93. The fourth-order valence-electron chi connectivity index (χ4n) is 3.63. The second kappa shape index (κ2) is 8.07. The molecule has 5 nitrogen and oxygen atoms in total. The Bertz CT molecular complexity index is 897. The van der Waals surface area contributed by atoms with Crippen LogP contribution < -0.4 is 4.74 Å². The highest BCUT2D eigenvalue weighted by molar-refractivity contribution is 6.30. The van der Waals surface area contributed by atoms with Crippen LogP contribution in [0.1, 0.15) is 27.0 Å². The van der Waals surface area contributed by atoms with Crippen molar-refractivity contribution < 1.29 is 18.7 Å². The summed E-state index contributed by atoms with van der Waals surface area (Å²) in [6.45, 7) is 5.80. The third kappa shape index (κ3) is 3.99. The van der Waals surface area contributed by atoms with Gasteiger partial charge in [-0.2, -0.15) is 0 Å². The number of piperazine rings is 1. The Balaban J connectivity index is 1.40. The molecule has 7 heteroatoms. The van der Waals surface area contributed by atoms with E-state index in [2.05, 4.69) is 4.90 Å². The summed E-state index contributed by atoms with van der Waals surface area (Å²) in [4.78, 5) is 16.7. The molecule has 0 radical (unpaired) electrons. The molecule has 2 aliphatic heterocycles. The number of nitrogens with zero attached hydrogens (tertiary/aromatic N) is 2. The molecule has 1 amide bonds. The van der Waals surface area contributed by atoms with Gasteiger partial charge in [-0.25, -0.2) is 4.39 Å². The van der Waals surface area contributed by atoms with Gasteiger partial charge < -0.3 is 14.4 Å². The van der Waals surface area contributed by atoms with E-state index in [1.54, 1.807) is 24.0 Å². The summed E-state index contributed by atoms with van der Waals surface area (Å²) >= 11 is 6.24. The zero-order valence-electron chi connectivity index (χ0n) is 15.7. The maximum absolute atomic E-state index is 13.8. The summed E-state index contributed by atoms with van der Waals surface area (Å²) in [5.74, 6) is 0.377. The quantitative estimate of drug-likeness (QED) is 0.783. The zero-order valence-corrected chi connectivity index (χ0v) is 16.5. The molecule has 2 aromatic carbocycles. The molecule has 2 aromatic rings. The molecule has 148 valence electrons. The molecule has 0 saturated carbocycles. The molecule has 0 aromatic heterocycles. The number of ether oxygens (including phenoxy) is 2. The van der Waals surface area contributed by atoms with Gasteiger partial charge in [-0.1, -0.05) is 17.7 Å². The minimum absolute atomic E-state index is 0.126. The van der Waals surface area contributed by atoms with Crippen LogP contribution in [0.3, 0.4) is 0 Å². The van der Waals surface area contributed by atoms with Gasteiger partial charge in [0.25, 0.3) is 5.91 Å². The Morgan fingerprint density at radius 1 is 1.18 bits per heavy atom. The number of benzene rings is 2. The van der Waals surface area contributed by atoms with E-state index in [1.807, 2.05) is 12.1 Å². The van der Waals surface area contributed by atoms with Crippen LogP contribution in [-0.2, 0) is 17.9 Å². The van der Waals surface area contributed by atoms with E-state index in [0.29, 0.717) is 42.4 Å². The van der Waals surface area contributed by atoms with Crippen molar-refractivity contribution in [2.45, 2.75) is 20.1 Å². The van der Waals surface area contributed by atoms with E-state index in [1.165, 1.54) is 6.07 Å². The highest BCUT2D eigenvalue weighted by atomic mass is 35.5. The van der Waals surface area contributed by atoms with Crippen LogP contribution in [-0.4, -0.2) is 48.7 Å². The summed E-state index contributed by atoms with van der Waals surface area (Å²) in [7, 11) is 0. The number of carbonyl (C=O) groups is 1. The third-order valence-electron chi connectivity index (χ3n) is 5.22. The van der Waals surface area contributed by atoms with Crippen molar-refractivity contribution in [2.24, 2.45) is 0 Å². The Labute approximate surface area is 168 Å². The molecule has 1 fully saturated rings. The molecule has 0 unspecified atom stereocenters. The summed E-state index contributed by atoms with van der Waals surface area (Å²) in [6, 6.07) is 8.45. The molecule has 1 saturated heterocycles. The standard InChI is InChI=1S/C21H22ClFN2O3/c1-14-2-3-15(10-19(14)23)21(26)25-6-4-24(5-7-25)11-16-8-18(22)9-17-12-27-13-28-20(16)17/h2-3,8-10H,4-7,11-13H2,1H3. The van der Waals surface area contributed by atoms with Gasteiger partial charge in [0.15, 0.2) is 6.79 Å². The fraction of sp³-hybridized carbons (Fsp3) is 0.381. The molecule has 0 aliphatic carbocycles. The van der Waals surface area contributed by atoms with Crippen molar-refractivity contribution in [3.8, 4) is 5.75 Å². The molecule has 28 heavy (non-hydrogen) atoms. The predicted octanol–water partition coefficient (Wildman–Crippen LogP) is 3.61. The van der Waals surface area contributed by atoms with Crippen LogP contribution in [0.2, 0.25) is 5.02 Å². The van der Waals surface area contributed by atoms with Gasteiger partial charge in [0.1, 0.15) is 11.6 Å². The molecule has 2 aliphatic rings. The van der Waals surface area contributed by atoms with Crippen molar-refractivity contribution in [2.75, 3.05) is 33.0 Å². The number of fused-ring (bicyclic) bond motifs is 1. The normalized spacial score (nSPS) is 17.2. The Kier molecular flexibility index (Phi) is 5.53. The third-order valence-corrected chi connectivity index (χ3v) is 5.44. The Morgan fingerprint density at radius 3 is 2.71 bits per heavy atom. The average molecular weight is 405 g/mol. The maximum atomic E-state index is 13.8. The first-order valence-electron chi connectivity index (χ1n) is 9.31. The van der Waals surface area contributed by atoms with Gasteiger partial charge in [-0.05, 0) is 36.8 Å². The lowest BCUT2D eigenvalue weighted by molar-refractivity contribution is -0.0176. The van der Waals surface area contributed by atoms with Crippen molar-refractivity contribution in [3.05, 3.63) is 63.4 Å². The first-order valence-corrected chi connectivity index (χ1v) is 9.68. The monoisotopic (exact) mass is 404 g/mol. The summed E-state index contributed by atoms with van der Waals surface area (Å²) in [5, 5.41) is 0.665. The van der Waals surface area contributed by atoms with Crippen LogP contribution in [0.5, 0.6) is 5.75 Å². The SMILES string of the molecule is Cc1ccc(C(=O)N2CCN(Cc3cc(Cl)cc4c3OCOC4)CC2)cc1F. The van der Waals surface area contributed by atoms with Crippen LogP contribution in [0.25, 0.3) is 0 Å². The topological polar surface area (TPSA) is 42.0 Å². The lowest BCUT2D eigenvalue weighted by Crippen LogP contribution is -2.48. The van der Waals surface area contributed by atoms with E-state index < -0.39 is 0 Å². The minimum Gasteiger partial charge on any atom is -0.467 e. The molecule has 0 bridgehead atoms. The van der Waals surface area contributed by atoms with Crippen molar-refractivity contribution in [1.82, 2.24) is 9.80 Å². The molecule has 0 N–H and O–H groups in total. The number of carbonyl (C=O) groups excluding carboxylic acids is 1. The lowest BCUT2D eigenvalue weighted by Gasteiger charge is -2.35. The Hall–Kier alpha value is -2.15. The molecule has 4 rings (SSSR count). The first-order chi connectivity index (χ1) is 13.5. The van der Waals surface area contributed by atoms with E-state index in [9.17, 15) is 9.18 Å².